The third-order valence-corrected chi connectivity index (χ3v) is 4.93. The molecular formula is C17H17FN2O3S. The molecule has 5 nitrogen and oxygen atoms in total. The van der Waals surface area contributed by atoms with Gasteiger partial charge in [0.05, 0.1) is 4.91 Å². The number of rotatable bonds is 3. The first kappa shape index (κ1) is 16.7. The third-order valence-electron chi connectivity index (χ3n) is 4.02. The van der Waals surface area contributed by atoms with Gasteiger partial charge in [-0.25, -0.2) is 4.39 Å². The summed E-state index contributed by atoms with van der Waals surface area (Å²) in [5.41, 5.74) is 0.503. The lowest BCUT2D eigenvalue weighted by molar-refractivity contribution is -0.136. The average Bonchev–Trinajstić information content (AvgIpc) is 2.83. The van der Waals surface area contributed by atoms with Crippen molar-refractivity contribution >= 4 is 34.9 Å². The average molecular weight is 348 g/mol. The summed E-state index contributed by atoms with van der Waals surface area (Å²) in [6.45, 7) is 1.12. The Hall–Kier alpha value is -2.15. The molecule has 0 N–H and O–H groups in total. The molecule has 126 valence electrons. The zero-order chi connectivity index (χ0) is 17.1. The Balaban J connectivity index is 1.71. The van der Waals surface area contributed by atoms with Gasteiger partial charge in [-0.15, -0.1) is 0 Å². The van der Waals surface area contributed by atoms with Crippen LogP contribution in [0.5, 0.6) is 0 Å². The summed E-state index contributed by atoms with van der Waals surface area (Å²) in [6.07, 6.45) is 4.47. The van der Waals surface area contributed by atoms with E-state index in [9.17, 15) is 18.8 Å². The zero-order valence-electron chi connectivity index (χ0n) is 13.0. The highest BCUT2D eigenvalue weighted by Crippen LogP contribution is 2.32. The van der Waals surface area contributed by atoms with Gasteiger partial charge in [0.1, 0.15) is 12.4 Å². The van der Waals surface area contributed by atoms with Crippen LogP contribution in [0.15, 0.2) is 29.2 Å². The number of hydrogen-bond donors (Lipinski definition) is 0. The Labute approximate surface area is 143 Å². The third kappa shape index (κ3) is 3.67. The van der Waals surface area contributed by atoms with Crippen LogP contribution in [-0.2, 0) is 9.59 Å². The van der Waals surface area contributed by atoms with E-state index in [1.54, 1.807) is 11.0 Å². The molecule has 0 radical (unpaired) electrons. The molecule has 3 rings (SSSR count). The highest BCUT2D eigenvalue weighted by atomic mass is 32.2. The maximum absolute atomic E-state index is 13.2. The van der Waals surface area contributed by atoms with Gasteiger partial charge in [0.15, 0.2) is 0 Å². The summed E-state index contributed by atoms with van der Waals surface area (Å²) < 4.78 is 13.2. The van der Waals surface area contributed by atoms with Gasteiger partial charge >= 0.3 is 0 Å². The topological polar surface area (TPSA) is 57.7 Å². The smallest absolute Gasteiger partial charge is 0.294 e. The van der Waals surface area contributed by atoms with Gasteiger partial charge in [-0.1, -0.05) is 12.1 Å². The lowest BCUT2D eigenvalue weighted by Gasteiger charge is -2.27. The van der Waals surface area contributed by atoms with Gasteiger partial charge in [-0.05, 0) is 54.8 Å². The second kappa shape index (κ2) is 7.17. The Morgan fingerprint density at radius 1 is 1.21 bits per heavy atom. The van der Waals surface area contributed by atoms with E-state index in [0.717, 1.165) is 35.9 Å². The van der Waals surface area contributed by atoms with Crippen LogP contribution in [0.3, 0.4) is 0 Å². The number of amides is 3. The monoisotopic (exact) mass is 348 g/mol. The van der Waals surface area contributed by atoms with E-state index < -0.39 is 17.0 Å². The Morgan fingerprint density at radius 3 is 2.67 bits per heavy atom. The van der Waals surface area contributed by atoms with Crippen molar-refractivity contribution in [3.8, 4) is 0 Å². The van der Waals surface area contributed by atoms with Gasteiger partial charge in [0.25, 0.3) is 11.1 Å². The minimum atomic E-state index is -0.500. The Bertz CT molecular complexity index is 714. The molecule has 0 saturated carbocycles. The number of thioether (sulfide) groups is 1. The highest BCUT2D eigenvalue weighted by Gasteiger charge is 2.37. The van der Waals surface area contributed by atoms with E-state index in [-0.39, 0.29) is 17.4 Å². The molecule has 2 fully saturated rings. The minimum absolute atomic E-state index is 0.205. The van der Waals surface area contributed by atoms with E-state index in [1.807, 2.05) is 0 Å². The molecule has 0 unspecified atom stereocenters. The number of carbonyl (C=O) groups excluding carboxylic acids is 3. The number of benzene rings is 1. The SMILES string of the molecule is O=C(CN1C(=O)S/C(=C/c2cccc(F)c2)C1=O)N1CCCCC1. The van der Waals surface area contributed by atoms with Crippen LogP contribution < -0.4 is 0 Å². The molecule has 1 aromatic carbocycles. The summed E-state index contributed by atoms with van der Waals surface area (Å²) in [7, 11) is 0. The second-order valence-corrected chi connectivity index (χ2v) is 6.76. The van der Waals surface area contributed by atoms with E-state index in [1.165, 1.54) is 24.3 Å². The molecule has 0 atom stereocenters. The van der Waals surface area contributed by atoms with Crippen LogP contribution in [0, 0.1) is 5.82 Å². The lowest BCUT2D eigenvalue weighted by atomic mass is 10.1. The molecular weight excluding hydrogens is 331 g/mol. The first-order chi connectivity index (χ1) is 11.5. The van der Waals surface area contributed by atoms with Crippen molar-refractivity contribution in [2.24, 2.45) is 0 Å². The fourth-order valence-electron chi connectivity index (χ4n) is 2.76. The largest absolute Gasteiger partial charge is 0.341 e. The van der Waals surface area contributed by atoms with Crippen molar-refractivity contribution in [2.45, 2.75) is 19.3 Å². The molecule has 0 aromatic heterocycles. The van der Waals surface area contributed by atoms with Gasteiger partial charge in [-0.2, -0.15) is 0 Å². The molecule has 2 heterocycles. The molecule has 24 heavy (non-hydrogen) atoms. The lowest BCUT2D eigenvalue weighted by Crippen LogP contribution is -2.44. The zero-order valence-corrected chi connectivity index (χ0v) is 13.9. The number of hydrogen-bond acceptors (Lipinski definition) is 4. The summed E-state index contributed by atoms with van der Waals surface area (Å²) in [6, 6.07) is 5.77. The Morgan fingerprint density at radius 2 is 1.96 bits per heavy atom. The Kier molecular flexibility index (Phi) is 4.99. The molecule has 0 aliphatic carbocycles. The van der Waals surface area contributed by atoms with Crippen LogP contribution in [0.25, 0.3) is 6.08 Å². The van der Waals surface area contributed by atoms with Gasteiger partial charge in [-0.3, -0.25) is 19.3 Å². The molecule has 7 heteroatoms. The standard InChI is InChI=1S/C17H17FN2O3S/c18-13-6-4-5-12(9-13)10-14-16(22)20(17(23)24-14)11-15(21)19-7-2-1-3-8-19/h4-6,9-10H,1-3,7-8,11H2/b14-10+. The maximum atomic E-state index is 13.2. The first-order valence-corrected chi connectivity index (χ1v) is 8.65. The normalized spacial score (nSPS) is 20.1. The van der Waals surface area contributed by atoms with Crippen molar-refractivity contribution in [1.29, 1.82) is 0 Å². The fourth-order valence-corrected chi connectivity index (χ4v) is 3.60. The van der Waals surface area contributed by atoms with E-state index >= 15 is 0 Å². The summed E-state index contributed by atoms with van der Waals surface area (Å²) >= 11 is 0.776. The number of carbonyl (C=O) groups is 3. The van der Waals surface area contributed by atoms with Crippen LogP contribution in [0.1, 0.15) is 24.8 Å². The fraction of sp³-hybridized carbons (Fsp3) is 0.353. The van der Waals surface area contributed by atoms with Crippen molar-refractivity contribution in [2.75, 3.05) is 19.6 Å². The molecule has 2 aliphatic heterocycles. The van der Waals surface area contributed by atoms with Crippen LogP contribution in [0.4, 0.5) is 9.18 Å². The molecule has 0 bridgehead atoms. The quantitative estimate of drug-likeness (QED) is 0.788. The predicted octanol–water partition coefficient (Wildman–Crippen LogP) is 2.87. The van der Waals surface area contributed by atoms with Crippen LogP contribution in [0.2, 0.25) is 0 Å². The van der Waals surface area contributed by atoms with E-state index in [2.05, 4.69) is 0 Å². The number of likely N-dealkylation sites (tertiary alicyclic amines) is 1. The van der Waals surface area contributed by atoms with Crippen molar-refractivity contribution < 1.29 is 18.8 Å². The van der Waals surface area contributed by atoms with E-state index in [4.69, 9.17) is 0 Å². The van der Waals surface area contributed by atoms with Crippen molar-refractivity contribution in [3.63, 3.8) is 0 Å². The maximum Gasteiger partial charge on any atom is 0.294 e. The second-order valence-electron chi connectivity index (χ2n) is 5.76. The number of imide groups is 1. The van der Waals surface area contributed by atoms with Crippen LogP contribution >= 0.6 is 11.8 Å². The molecule has 2 saturated heterocycles. The first-order valence-electron chi connectivity index (χ1n) is 7.83. The molecule has 2 aliphatic rings. The summed E-state index contributed by atoms with van der Waals surface area (Å²) in [5, 5.41) is -0.465. The van der Waals surface area contributed by atoms with Gasteiger partial charge in [0, 0.05) is 13.1 Å². The van der Waals surface area contributed by atoms with Gasteiger partial charge in [0.2, 0.25) is 5.91 Å². The van der Waals surface area contributed by atoms with Crippen molar-refractivity contribution in [1.82, 2.24) is 9.80 Å². The van der Waals surface area contributed by atoms with Crippen LogP contribution in [-0.4, -0.2) is 46.5 Å². The summed E-state index contributed by atoms with van der Waals surface area (Å²) in [4.78, 5) is 39.6. The predicted molar refractivity (Wildman–Crippen MR) is 89.5 cm³/mol. The molecule has 0 spiro atoms. The van der Waals surface area contributed by atoms with Gasteiger partial charge < -0.3 is 4.90 Å². The molecule has 1 aromatic rings. The minimum Gasteiger partial charge on any atom is -0.341 e. The number of halogens is 1. The highest BCUT2D eigenvalue weighted by molar-refractivity contribution is 8.18. The van der Waals surface area contributed by atoms with Crippen molar-refractivity contribution in [3.05, 3.63) is 40.6 Å². The number of nitrogens with zero attached hydrogens (tertiary/aromatic N) is 2. The molecule has 3 amide bonds. The number of piperidine rings is 1. The summed E-state index contributed by atoms with van der Waals surface area (Å²) in [5.74, 6) is -1.12. The van der Waals surface area contributed by atoms with E-state index in [0.29, 0.717) is 18.7 Å².